The van der Waals surface area contributed by atoms with E-state index in [2.05, 4.69) is 12.2 Å². The second kappa shape index (κ2) is 5.25. The minimum atomic E-state index is -0.496. The molecule has 2 rings (SSSR count). The lowest BCUT2D eigenvalue weighted by Crippen LogP contribution is -2.56. The zero-order chi connectivity index (χ0) is 11.4. The number of rotatable bonds is 6. The molecule has 0 aliphatic heterocycles. The van der Waals surface area contributed by atoms with Crippen molar-refractivity contribution in [3.05, 3.63) is 24.2 Å². The zero-order valence-electron chi connectivity index (χ0n) is 9.61. The van der Waals surface area contributed by atoms with Crippen molar-refractivity contribution in [1.82, 2.24) is 5.32 Å². The summed E-state index contributed by atoms with van der Waals surface area (Å²) in [6, 6.07) is 1.94. The van der Waals surface area contributed by atoms with Crippen molar-refractivity contribution in [3.63, 3.8) is 0 Å². The van der Waals surface area contributed by atoms with Crippen LogP contribution in [0.15, 0.2) is 23.0 Å². The van der Waals surface area contributed by atoms with Crippen molar-refractivity contribution >= 4 is 11.8 Å². The van der Waals surface area contributed by atoms with E-state index in [1.807, 2.05) is 17.8 Å². The van der Waals surface area contributed by atoms with Gasteiger partial charge in [0.15, 0.2) is 0 Å². The van der Waals surface area contributed by atoms with Crippen LogP contribution in [0.5, 0.6) is 0 Å². The molecule has 1 fully saturated rings. The second-order valence-corrected chi connectivity index (χ2v) is 5.80. The van der Waals surface area contributed by atoms with Gasteiger partial charge in [-0.2, -0.15) is 11.8 Å². The molecule has 1 heterocycles. The Bertz CT molecular complexity index is 315. The highest BCUT2D eigenvalue weighted by Crippen LogP contribution is 2.40. The molecule has 0 radical (unpaired) electrons. The molecule has 0 bridgehead atoms. The topological polar surface area (TPSA) is 45.4 Å². The highest BCUT2D eigenvalue weighted by Gasteiger charge is 2.44. The fraction of sp³-hybridized carbons (Fsp3) is 0.667. The highest BCUT2D eigenvalue weighted by atomic mass is 32.2. The average Bonchev–Trinajstić information content (AvgIpc) is 2.77. The van der Waals surface area contributed by atoms with Crippen molar-refractivity contribution in [3.8, 4) is 0 Å². The van der Waals surface area contributed by atoms with Crippen LogP contribution in [-0.4, -0.2) is 28.3 Å². The van der Waals surface area contributed by atoms with Crippen molar-refractivity contribution in [2.75, 3.05) is 12.3 Å². The number of hydrogen-bond acceptors (Lipinski definition) is 4. The van der Waals surface area contributed by atoms with E-state index in [4.69, 9.17) is 4.42 Å². The Labute approximate surface area is 101 Å². The van der Waals surface area contributed by atoms with Gasteiger partial charge < -0.3 is 14.8 Å². The van der Waals surface area contributed by atoms with Crippen LogP contribution in [0.4, 0.5) is 0 Å². The summed E-state index contributed by atoms with van der Waals surface area (Å²) < 4.78 is 4.99. The smallest absolute Gasteiger partial charge is 0.0947 e. The van der Waals surface area contributed by atoms with Gasteiger partial charge in [0.2, 0.25) is 0 Å². The molecular weight excluding hydrogens is 222 g/mol. The molecular formula is C12H19NO2S. The molecule has 1 aliphatic rings. The summed E-state index contributed by atoms with van der Waals surface area (Å²) in [6.45, 7) is 3.58. The Morgan fingerprint density at radius 2 is 2.56 bits per heavy atom. The summed E-state index contributed by atoms with van der Waals surface area (Å²) in [4.78, 5) is 0. The number of thioether (sulfide) groups is 1. The normalized spacial score (nSPS) is 29.0. The summed E-state index contributed by atoms with van der Waals surface area (Å²) in [5, 5.41) is 14.0. The van der Waals surface area contributed by atoms with Crippen LogP contribution < -0.4 is 5.32 Å². The van der Waals surface area contributed by atoms with Crippen molar-refractivity contribution in [2.24, 2.45) is 0 Å². The molecule has 2 N–H and O–H groups in total. The van der Waals surface area contributed by atoms with Gasteiger partial charge in [0.1, 0.15) is 0 Å². The number of nitrogens with one attached hydrogen (secondary N) is 1. The maximum absolute atomic E-state index is 10.3. The minimum Gasteiger partial charge on any atom is -0.472 e. The summed E-state index contributed by atoms with van der Waals surface area (Å²) in [5.41, 5.74) is 0.632. The highest BCUT2D eigenvalue weighted by molar-refractivity contribution is 8.00. The van der Waals surface area contributed by atoms with Crippen LogP contribution in [0, 0.1) is 0 Å². The van der Waals surface area contributed by atoms with E-state index in [9.17, 15) is 5.11 Å². The zero-order valence-corrected chi connectivity index (χ0v) is 10.4. The second-order valence-electron chi connectivity index (χ2n) is 4.32. The van der Waals surface area contributed by atoms with E-state index < -0.39 is 5.60 Å². The molecule has 3 nitrogen and oxygen atoms in total. The average molecular weight is 241 g/mol. The molecule has 16 heavy (non-hydrogen) atoms. The van der Waals surface area contributed by atoms with E-state index in [-0.39, 0.29) is 0 Å². The van der Waals surface area contributed by atoms with Gasteiger partial charge in [0, 0.05) is 23.9 Å². The first-order chi connectivity index (χ1) is 7.74. The van der Waals surface area contributed by atoms with Gasteiger partial charge in [0.05, 0.1) is 18.1 Å². The predicted molar refractivity (Wildman–Crippen MR) is 66.5 cm³/mol. The van der Waals surface area contributed by atoms with Crippen LogP contribution in [0.25, 0.3) is 0 Å². The minimum absolute atomic E-state index is 0.411. The standard InChI is InChI=1S/C12H19NO2S/c1-2-16-11-3-5-12(11,14)9-13-7-10-4-6-15-8-10/h4,6,8,11,13-14H,2-3,5,7,9H2,1H3. The summed E-state index contributed by atoms with van der Waals surface area (Å²) >= 11 is 1.86. The number of hydrogen-bond donors (Lipinski definition) is 2. The first kappa shape index (κ1) is 12.0. The summed E-state index contributed by atoms with van der Waals surface area (Å²) in [5.74, 6) is 1.08. The third-order valence-corrected chi connectivity index (χ3v) is 4.56. The molecule has 1 aromatic heterocycles. The molecule has 2 unspecified atom stereocenters. The Hall–Kier alpha value is -0.450. The molecule has 1 saturated carbocycles. The van der Waals surface area contributed by atoms with Crippen LogP contribution in [-0.2, 0) is 6.54 Å². The largest absolute Gasteiger partial charge is 0.472 e. The van der Waals surface area contributed by atoms with Crippen molar-refractivity contribution < 1.29 is 9.52 Å². The van der Waals surface area contributed by atoms with Gasteiger partial charge in [-0.25, -0.2) is 0 Å². The lowest BCUT2D eigenvalue weighted by atomic mass is 9.79. The molecule has 1 aromatic rings. The third kappa shape index (κ3) is 2.62. The van der Waals surface area contributed by atoms with E-state index in [1.54, 1.807) is 12.5 Å². The van der Waals surface area contributed by atoms with Crippen LogP contribution in [0.1, 0.15) is 25.3 Å². The SMILES string of the molecule is CCSC1CCC1(O)CNCc1ccoc1. The Morgan fingerprint density at radius 3 is 3.12 bits per heavy atom. The predicted octanol–water partition coefficient (Wildman–Crippen LogP) is 2.02. The van der Waals surface area contributed by atoms with Crippen molar-refractivity contribution in [1.29, 1.82) is 0 Å². The Kier molecular flexibility index (Phi) is 3.95. The fourth-order valence-electron chi connectivity index (χ4n) is 2.05. The summed E-state index contributed by atoms with van der Waals surface area (Å²) in [6.07, 6.45) is 5.46. The molecule has 0 aromatic carbocycles. The third-order valence-electron chi connectivity index (χ3n) is 3.15. The maximum atomic E-state index is 10.3. The number of furan rings is 1. The lowest BCUT2D eigenvalue weighted by molar-refractivity contribution is -0.0234. The molecule has 0 amide bonds. The van der Waals surface area contributed by atoms with Crippen LogP contribution in [0.3, 0.4) is 0 Å². The van der Waals surface area contributed by atoms with Gasteiger partial charge in [-0.15, -0.1) is 0 Å². The molecule has 0 spiro atoms. The summed E-state index contributed by atoms with van der Waals surface area (Å²) in [7, 11) is 0. The van der Waals surface area contributed by atoms with E-state index in [0.717, 1.165) is 30.7 Å². The van der Waals surface area contributed by atoms with Crippen LogP contribution in [0.2, 0.25) is 0 Å². The van der Waals surface area contributed by atoms with Gasteiger partial charge in [-0.1, -0.05) is 6.92 Å². The fourth-order valence-corrected chi connectivity index (χ4v) is 3.25. The van der Waals surface area contributed by atoms with Gasteiger partial charge in [-0.3, -0.25) is 0 Å². The van der Waals surface area contributed by atoms with E-state index >= 15 is 0 Å². The van der Waals surface area contributed by atoms with E-state index in [1.165, 1.54) is 0 Å². The molecule has 90 valence electrons. The monoisotopic (exact) mass is 241 g/mol. The molecule has 2 atom stereocenters. The lowest BCUT2D eigenvalue weighted by Gasteiger charge is -2.45. The quantitative estimate of drug-likeness (QED) is 0.800. The van der Waals surface area contributed by atoms with Crippen LogP contribution >= 0.6 is 11.8 Å². The van der Waals surface area contributed by atoms with E-state index in [0.29, 0.717) is 11.8 Å². The first-order valence-electron chi connectivity index (χ1n) is 5.80. The number of aliphatic hydroxyl groups is 1. The first-order valence-corrected chi connectivity index (χ1v) is 6.85. The van der Waals surface area contributed by atoms with Crippen molar-refractivity contribution in [2.45, 2.75) is 37.2 Å². The molecule has 4 heteroatoms. The molecule has 1 aliphatic carbocycles. The van der Waals surface area contributed by atoms with Gasteiger partial charge in [-0.05, 0) is 24.7 Å². The molecule has 0 saturated heterocycles. The van der Waals surface area contributed by atoms with Gasteiger partial charge in [0.25, 0.3) is 0 Å². The Morgan fingerprint density at radius 1 is 1.69 bits per heavy atom. The van der Waals surface area contributed by atoms with Gasteiger partial charge >= 0.3 is 0 Å². The maximum Gasteiger partial charge on any atom is 0.0947 e. The Balaban J connectivity index is 1.73.